The summed E-state index contributed by atoms with van der Waals surface area (Å²) in [5.41, 5.74) is -0.0817. The van der Waals surface area contributed by atoms with Gasteiger partial charge < -0.3 is 24.4 Å². The highest BCUT2D eigenvalue weighted by Gasteiger charge is 2.25. The molecule has 3 rings (SSSR count). The number of benzene rings is 2. The lowest BCUT2D eigenvalue weighted by Gasteiger charge is -2.29. The summed E-state index contributed by atoms with van der Waals surface area (Å²) in [6.45, 7) is 4.17. The van der Waals surface area contributed by atoms with Crippen LogP contribution in [0.2, 0.25) is 0 Å². The maximum Gasteiger partial charge on any atom is 0.286 e. The van der Waals surface area contributed by atoms with Crippen LogP contribution in [-0.2, 0) is 4.74 Å². The Kier molecular flexibility index (Phi) is 6.68. The number of hydrogen-bond acceptors (Lipinski definition) is 7. The molecule has 1 fully saturated rings. The van der Waals surface area contributed by atoms with Gasteiger partial charge in [0.15, 0.2) is 11.5 Å². The number of carbonyl (C=O) groups is 1. The number of hydrogen-bond donors (Lipinski definition) is 1. The molecule has 0 unspecified atom stereocenters. The molecule has 30 heavy (non-hydrogen) atoms. The van der Waals surface area contributed by atoms with Gasteiger partial charge in [0.25, 0.3) is 11.6 Å². The van der Waals surface area contributed by atoms with E-state index >= 15 is 0 Å². The SMILES string of the molecule is CCOc1cc([N+](=O)[O-])c(C(=O)Nc2ccc(N3CCOCC3)c(F)c2)cc1OC. The molecule has 1 N–H and O–H groups in total. The Morgan fingerprint density at radius 2 is 2.00 bits per heavy atom. The summed E-state index contributed by atoms with van der Waals surface area (Å²) in [7, 11) is 1.37. The Hall–Kier alpha value is -3.40. The van der Waals surface area contributed by atoms with Crippen LogP contribution < -0.4 is 19.7 Å². The van der Waals surface area contributed by atoms with Crippen molar-refractivity contribution >= 4 is 23.0 Å². The highest BCUT2D eigenvalue weighted by molar-refractivity contribution is 6.07. The Labute approximate surface area is 172 Å². The molecule has 10 heteroatoms. The molecule has 2 aromatic rings. The first-order valence-electron chi connectivity index (χ1n) is 9.37. The molecule has 1 aliphatic heterocycles. The van der Waals surface area contributed by atoms with Gasteiger partial charge in [0, 0.05) is 24.8 Å². The van der Waals surface area contributed by atoms with Crippen molar-refractivity contribution in [2.75, 3.05) is 50.2 Å². The van der Waals surface area contributed by atoms with Crippen molar-refractivity contribution in [1.29, 1.82) is 0 Å². The third-order valence-corrected chi connectivity index (χ3v) is 4.58. The van der Waals surface area contributed by atoms with Gasteiger partial charge >= 0.3 is 0 Å². The van der Waals surface area contributed by atoms with Crippen LogP contribution in [0.25, 0.3) is 0 Å². The molecule has 9 nitrogen and oxygen atoms in total. The number of nitro groups is 1. The maximum atomic E-state index is 14.6. The molecule has 0 aromatic heterocycles. The Balaban J connectivity index is 1.86. The molecule has 0 spiro atoms. The lowest BCUT2D eigenvalue weighted by Crippen LogP contribution is -2.36. The van der Waals surface area contributed by atoms with Gasteiger partial charge in [-0.25, -0.2) is 4.39 Å². The molecule has 160 valence electrons. The number of methoxy groups -OCH3 is 1. The van der Waals surface area contributed by atoms with Crippen LogP contribution in [-0.4, -0.2) is 50.9 Å². The second-order valence-corrected chi connectivity index (χ2v) is 6.43. The van der Waals surface area contributed by atoms with Crippen molar-refractivity contribution in [1.82, 2.24) is 0 Å². The summed E-state index contributed by atoms with van der Waals surface area (Å²) in [6.07, 6.45) is 0. The lowest BCUT2D eigenvalue weighted by molar-refractivity contribution is -0.385. The summed E-state index contributed by atoms with van der Waals surface area (Å²) < 4.78 is 30.3. The number of ether oxygens (including phenoxy) is 3. The Morgan fingerprint density at radius 1 is 1.27 bits per heavy atom. The third-order valence-electron chi connectivity index (χ3n) is 4.58. The summed E-state index contributed by atoms with van der Waals surface area (Å²) >= 11 is 0. The number of carbonyl (C=O) groups excluding carboxylic acids is 1. The van der Waals surface area contributed by atoms with Gasteiger partial charge in [0.05, 0.1) is 43.6 Å². The predicted molar refractivity (Wildman–Crippen MR) is 108 cm³/mol. The maximum absolute atomic E-state index is 14.6. The van der Waals surface area contributed by atoms with E-state index in [0.717, 1.165) is 6.07 Å². The summed E-state index contributed by atoms with van der Waals surface area (Å²) in [4.78, 5) is 25.3. The number of nitrogens with zero attached hydrogens (tertiary/aromatic N) is 2. The van der Waals surface area contributed by atoms with Crippen LogP contribution in [0.4, 0.5) is 21.5 Å². The van der Waals surface area contributed by atoms with E-state index in [2.05, 4.69) is 5.32 Å². The average molecular weight is 419 g/mol. The molecular formula is C20H22FN3O6. The van der Waals surface area contributed by atoms with Crippen molar-refractivity contribution in [3.05, 3.63) is 51.8 Å². The largest absolute Gasteiger partial charge is 0.493 e. The van der Waals surface area contributed by atoms with E-state index in [4.69, 9.17) is 14.2 Å². The topological polar surface area (TPSA) is 103 Å². The molecule has 0 radical (unpaired) electrons. The fourth-order valence-electron chi connectivity index (χ4n) is 3.15. The predicted octanol–water partition coefficient (Wildman–Crippen LogP) is 3.23. The minimum absolute atomic E-state index is 0.157. The van der Waals surface area contributed by atoms with Crippen molar-refractivity contribution in [3.63, 3.8) is 0 Å². The summed E-state index contributed by atoms with van der Waals surface area (Å²) in [6, 6.07) is 6.66. The van der Waals surface area contributed by atoms with Crippen molar-refractivity contribution in [2.24, 2.45) is 0 Å². The van der Waals surface area contributed by atoms with E-state index in [-0.39, 0.29) is 29.4 Å². The smallest absolute Gasteiger partial charge is 0.286 e. The number of rotatable bonds is 7. The summed E-state index contributed by atoms with van der Waals surface area (Å²) in [5, 5.41) is 14.0. The minimum Gasteiger partial charge on any atom is -0.493 e. The van der Waals surface area contributed by atoms with Crippen LogP contribution >= 0.6 is 0 Å². The van der Waals surface area contributed by atoms with E-state index in [9.17, 15) is 19.3 Å². The minimum atomic E-state index is -0.762. The number of halogens is 1. The molecule has 0 bridgehead atoms. The van der Waals surface area contributed by atoms with Gasteiger partial charge in [-0.2, -0.15) is 0 Å². The van der Waals surface area contributed by atoms with E-state index in [1.165, 1.54) is 19.2 Å². The first-order valence-corrected chi connectivity index (χ1v) is 9.37. The second-order valence-electron chi connectivity index (χ2n) is 6.43. The van der Waals surface area contributed by atoms with Crippen LogP contribution in [0.1, 0.15) is 17.3 Å². The molecular weight excluding hydrogens is 397 g/mol. The zero-order valence-corrected chi connectivity index (χ0v) is 16.6. The molecule has 2 aromatic carbocycles. The zero-order valence-electron chi connectivity index (χ0n) is 16.6. The number of anilines is 2. The lowest BCUT2D eigenvalue weighted by atomic mass is 10.1. The standard InChI is InChI=1S/C20H22FN3O6/c1-3-30-19-12-17(24(26)27)14(11-18(19)28-2)20(25)22-13-4-5-16(15(21)10-13)23-6-8-29-9-7-23/h4-5,10-12H,3,6-9H2,1-2H3,(H,22,25). The second kappa shape index (κ2) is 9.40. The van der Waals surface area contributed by atoms with E-state index in [0.29, 0.717) is 32.0 Å². The highest BCUT2D eigenvalue weighted by Crippen LogP contribution is 2.35. The highest BCUT2D eigenvalue weighted by atomic mass is 19.1. The Morgan fingerprint density at radius 3 is 2.60 bits per heavy atom. The van der Waals surface area contributed by atoms with Crippen LogP contribution in [0.3, 0.4) is 0 Å². The first-order chi connectivity index (χ1) is 14.4. The third kappa shape index (κ3) is 4.60. The van der Waals surface area contributed by atoms with Crippen LogP contribution in [0, 0.1) is 15.9 Å². The van der Waals surface area contributed by atoms with Gasteiger partial charge in [-0.1, -0.05) is 0 Å². The quantitative estimate of drug-likeness (QED) is 0.543. The molecule has 1 amide bonds. The number of nitrogens with one attached hydrogen (secondary N) is 1. The van der Waals surface area contributed by atoms with E-state index in [1.807, 2.05) is 4.90 Å². The van der Waals surface area contributed by atoms with E-state index in [1.54, 1.807) is 19.1 Å². The molecule has 1 saturated heterocycles. The molecule has 0 saturated carbocycles. The molecule has 1 aliphatic rings. The van der Waals surface area contributed by atoms with Crippen molar-refractivity contribution < 1.29 is 28.3 Å². The van der Waals surface area contributed by atoms with Gasteiger partial charge in [-0.15, -0.1) is 0 Å². The zero-order chi connectivity index (χ0) is 21.7. The fraction of sp³-hybridized carbons (Fsp3) is 0.350. The van der Waals surface area contributed by atoms with E-state index < -0.39 is 22.3 Å². The average Bonchev–Trinajstić information content (AvgIpc) is 2.74. The van der Waals surface area contributed by atoms with Crippen LogP contribution in [0.15, 0.2) is 30.3 Å². The number of nitro benzene ring substituents is 1. The van der Waals surface area contributed by atoms with Gasteiger partial charge in [-0.05, 0) is 25.1 Å². The molecule has 0 atom stereocenters. The van der Waals surface area contributed by atoms with Gasteiger partial charge in [0.1, 0.15) is 11.4 Å². The van der Waals surface area contributed by atoms with Gasteiger partial charge in [-0.3, -0.25) is 14.9 Å². The summed E-state index contributed by atoms with van der Waals surface area (Å²) in [5.74, 6) is -0.930. The van der Waals surface area contributed by atoms with Crippen molar-refractivity contribution in [3.8, 4) is 11.5 Å². The van der Waals surface area contributed by atoms with Gasteiger partial charge in [0.2, 0.25) is 0 Å². The molecule has 1 heterocycles. The van der Waals surface area contributed by atoms with Crippen LogP contribution in [0.5, 0.6) is 11.5 Å². The Bertz CT molecular complexity index is 946. The monoisotopic (exact) mass is 419 g/mol. The number of amides is 1. The fourth-order valence-corrected chi connectivity index (χ4v) is 3.15. The normalized spacial score (nSPS) is 13.6. The first kappa shape index (κ1) is 21.3. The molecule has 0 aliphatic carbocycles. The van der Waals surface area contributed by atoms with Crippen molar-refractivity contribution in [2.45, 2.75) is 6.92 Å². The number of morpholine rings is 1.